The molecule has 5 nitrogen and oxygen atoms in total. The largest absolute Gasteiger partial charge is 0.376 e. The van der Waals surface area contributed by atoms with Gasteiger partial charge in [-0.25, -0.2) is 9.37 Å². The standard InChI is InChI=1S/C15H22FN3O2/c1-3-17-14-13(16)12(7-8-18-14)15(20)19(4-2)10-11-6-5-9-21-11/h7-8,11H,3-6,9-10H2,1-2H3,(H,17,18). The molecule has 1 N–H and O–H groups in total. The highest BCUT2D eigenvalue weighted by atomic mass is 19.1. The van der Waals surface area contributed by atoms with Crippen molar-refractivity contribution in [2.45, 2.75) is 32.8 Å². The van der Waals surface area contributed by atoms with E-state index in [0.29, 0.717) is 19.6 Å². The number of aromatic nitrogens is 1. The summed E-state index contributed by atoms with van der Waals surface area (Å²) >= 11 is 0. The van der Waals surface area contributed by atoms with E-state index in [9.17, 15) is 9.18 Å². The van der Waals surface area contributed by atoms with Crippen LogP contribution in [0.3, 0.4) is 0 Å². The second-order valence-corrected chi connectivity index (χ2v) is 5.03. The summed E-state index contributed by atoms with van der Waals surface area (Å²) in [6.45, 7) is 6.06. The Morgan fingerprint density at radius 2 is 2.38 bits per heavy atom. The number of ether oxygens (including phenoxy) is 1. The first-order valence-corrected chi connectivity index (χ1v) is 7.46. The van der Waals surface area contributed by atoms with Crippen LogP contribution in [0.5, 0.6) is 0 Å². The minimum atomic E-state index is -0.588. The maximum Gasteiger partial charge on any atom is 0.257 e. The topological polar surface area (TPSA) is 54.5 Å². The highest BCUT2D eigenvalue weighted by molar-refractivity contribution is 5.95. The van der Waals surface area contributed by atoms with Crippen molar-refractivity contribution in [1.29, 1.82) is 0 Å². The quantitative estimate of drug-likeness (QED) is 0.875. The molecule has 1 amide bonds. The molecule has 0 spiro atoms. The molecule has 0 aromatic carbocycles. The van der Waals surface area contributed by atoms with E-state index < -0.39 is 5.82 Å². The molecule has 2 rings (SSSR count). The lowest BCUT2D eigenvalue weighted by Crippen LogP contribution is -2.37. The number of halogens is 1. The Labute approximate surface area is 124 Å². The van der Waals surface area contributed by atoms with Gasteiger partial charge in [0.15, 0.2) is 11.6 Å². The van der Waals surface area contributed by atoms with Crippen LogP contribution in [-0.4, -0.2) is 48.1 Å². The number of carbonyl (C=O) groups excluding carboxylic acids is 1. The second-order valence-electron chi connectivity index (χ2n) is 5.03. The molecule has 1 fully saturated rings. The molecule has 0 aliphatic carbocycles. The van der Waals surface area contributed by atoms with E-state index in [0.717, 1.165) is 19.4 Å². The monoisotopic (exact) mass is 295 g/mol. The van der Waals surface area contributed by atoms with E-state index in [2.05, 4.69) is 10.3 Å². The molecule has 1 aliphatic rings. The van der Waals surface area contributed by atoms with Crippen molar-refractivity contribution in [3.63, 3.8) is 0 Å². The van der Waals surface area contributed by atoms with Crippen molar-refractivity contribution < 1.29 is 13.9 Å². The van der Waals surface area contributed by atoms with E-state index in [4.69, 9.17) is 4.74 Å². The summed E-state index contributed by atoms with van der Waals surface area (Å²) in [7, 11) is 0. The van der Waals surface area contributed by atoms with Crippen LogP contribution in [0.2, 0.25) is 0 Å². The number of pyridine rings is 1. The zero-order valence-electron chi connectivity index (χ0n) is 12.6. The molecule has 1 aliphatic heterocycles. The van der Waals surface area contributed by atoms with Gasteiger partial charge in [0.05, 0.1) is 11.7 Å². The van der Waals surface area contributed by atoms with Crippen LogP contribution in [-0.2, 0) is 4.74 Å². The van der Waals surface area contributed by atoms with Gasteiger partial charge in [-0.2, -0.15) is 0 Å². The van der Waals surface area contributed by atoms with Gasteiger partial charge in [0.1, 0.15) is 0 Å². The maximum absolute atomic E-state index is 14.3. The summed E-state index contributed by atoms with van der Waals surface area (Å²) in [5.41, 5.74) is 0.0563. The van der Waals surface area contributed by atoms with Gasteiger partial charge in [-0.1, -0.05) is 0 Å². The first-order valence-electron chi connectivity index (χ1n) is 7.46. The average molecular weight is 295 g/mol. The first-order chi connectivity index (χ1) is 10.2. The molecule has 0 bridgehead atoms. The summed E-state index contributed by atoms with van der Waals surface area (Å²) in [4.78, 5) is 18.1. The predicted octanol–water partition coefficient (Wildman–Crippen LogP) is 2.29. The van der Waals surface area contributed by atoms with Crippen molar-refractivity contribution in [2.24, 2.45) is 0 Å². The number of hydrogen-bond acceptors (Lipinski definition) is 4. The van der Waals surface area contributed by atoms with Crippen LogP contribution in [0.1, 0.15) is 37.0 Å². The van der Waals surface area contributed by atoms with Gasteiger partial charge in [0.25, 0.3) is 5.91 Å². The van der Waals surface area contributed by atoms with Crippen molar-refractivity contribution in [2.75, 3.05) is 31.6 Å². The Kier molecular flexibility index (Phi) is 5.50. The molecule has 0 saturated carbocycles. The molecule has 116 valence electrons. The van der Waals surface area contributed by atoms with Crippen LogP contribution < -0.4 is 5.32 Å². The molecule has 21 heavy (non-hydrogen) atoms. The Morgan fingerprint density at radius 3 is 3.00 bits per heavy atom. The third-order valence-electron chi connectivity index (χ3n) is 3.58. The fourth-order valence-corrected chi connectivity index (χ4v) is 2.46. The summed E-state index contributed by atoms with van der Waals surface area (Å²) in [6.07, 6.45) is 3.48. The van der Waals surface area contributed by atoms with Crippen LogP contribution in [0, 0.1) is 5.82 Å². The number of amides is 1. The number of nitrogens with zero attached hydrogens (tertiary/aromatic N) is 2. The minimum Gasteiger partial charge on any atom is -0.376 e. The number of likely N-dealkylation sites (N-methyl/N-ethyl adjacent to an activating group) is 1. The summed E-state index contributed by atoms with van der Waals surface area (Å²) in [5, 5.41) is 2.82. The number of anilines is 1. The Balaban J connectivity index is 2.14. The average Bonchev–Trinajstić information content (AvgIpc) is 2.99. The zero-order chi connectivity index (χ0) is 15.2. The maximum atomic E-state index is 14.3. The minimum absolute atomic E-state index is 0.0563. The van der Waals surface area contributed by atoms with E-state index >= 15 is 0 Å². The number of hydrogen-bond donors (Lipinski definition) is 1. The Morgan fingerprint density at radius 1 is 1.57 bits per heavy atom. The highest BCUT2D eigenvalue weighted by Crippen LogP contribution is 2.19. The fourth-order valence-electron chi connectivity index (χ4n) is 2.46. The van der Waals surface area contributed by atoms with Crippen molar-refractivity contribution in [3.8, 4) is 0 Å². The molecule has 0 radical (unpaired) electrons. The molecular weight excluding hydrogens is 273 g/mol. The van der Waals surface area contributed by atoms with E-state index in [1.165, 1.54) is 12.3 Å². The van der Waals surface area contributed by atoms with Crippen molar-refractivity contribution in [1.82, 2.24) is 9.88 Å². The molecule has 1 aromatic rings. The smallest absolute Gasteiger partial charge is 0.257 e. The summed E-state index contributed by atoms with van der Waals surface area (Å²) in [5.74, 6) is -0.779. The first kappa shape index (κ1) is 15.7. The third kappa shape index (κ3) is 3.69. The lowest BCUT2D eigenvalue weighted by molar-refractivity contribution is 0.0535. The van der Waals surface area contributed by atoms with Gasteiger partial charge in [-0.05, 0) is 32.8 Å². The van der Waals surface area contributed by atoms with Gasteiger partial charge in [0.2, 0.25) is 0 Å². The van der Waals surface area contributed by atoms with Crippen LogP contribution in [0.25, 0.3) is 0 Å². The number of carbonyl (C=O) groups is 1. The molecule has 1 aromatic heterocycles. The van der Waals surface area contributed by atoms with Crippen LogP contribution in [0.15, 0.2) is 12.3 Å². The zero-order valence-corrected chi connectivity index (χ0v) is 12.6. The highest BCUT2D eigenvalue weighted by Gasteiger charge is 2.25. The van der Waals surface area contributed by atoms with Crippen LogP contribution >= 0.6 is 0 Å². The third-order valence-corrected chi connectivity index (χ3v) is 3.58. The SMILES string of the molecule is CCNc1nccc(C(=O)N(CC)CC2CCCO2)c1F. The predicted molar refractivity (Wildman–Crippen MR) is 78.9 cm³/mol. The number of nitrogens with one attached hydrogen (secondary N) is 1. The molecule has 1 atom stereocenters. The van der Waals surface area contributed by atoms with E-state index in [1.54, 1.807) is 4.90 Å². The normalized spacial score (nSPS) is 17.8. The van der Waals surface area contributed by atoms with Crippen molar-refractivity contribution in [3.05, 3.63) is 23.6 Å². The Bertz CT molecular complexity index is 490. The van der Waals surface area contributed by atoms with Gasteiger partial charge < -0.3 is 15.0 Å². The van der Waals surface area contributed by atoms with Gasteiger partial charge in [-0.3, -0.25) is 4.79 Å². The summed E-state index contributed by atoms with van der Waals surface area (Å²) < 4.78 is 19.9. The van der Waals surface area contributed by atoms with E-state index in [-0.39, 0.29) is 23.4 Å². The molecular formula is C15H22FN3O2. The van der Waals surface area contributed by atoms with Gasteiger partial charge >= 0.3 is 0 Å². The molecule has 6 heteroatoms. The second kappa shape index (κ2) is 7.36. The molecule has 2 heterocycles. The Hall–Kier alpha value is -1.69. The van der Waals surface area contributed by atoms with E-state index in [1.807, 2.05) is 13.8 Å². The molecule has 1 unspecified atom stereocenters. The lowest BCUT2D eigenvalue weighted by atomic mass is 10.2. The summed E-state index contributed by atoms with van der Waals surface area (Å²) in [6, 6.07) is 1.43. The fraction of sp³-hybridized carbons (Fsp3) is 0.600. The van der Waals surface area contributed by atoms with Gasteiger partial charge in [-0.15, -0.1) is 0 Å². The number of rotatable bonds is 6. The molecule has 1 saturated heterocycles. The van der Waals surface area contributed by atoms with Gasteiger partial charge in [0, 0.05) is 32.4 Å². The van der Waals surface area contributed by atoms with Crippen LogP contribution in [0.4, 0.5) is 10.2 Å². The lowest BCUT2D eigenvalue weighted by Gasteiger charge is -2.24. The van der Waals surface area contributed by atoms with Crippen molar-refractivity contribution >= 4 is 11.7 Å².